The van der Waals surface area contributed by atoms with Gasteiger partial charge in [0, 0.05) is 6.08 Å². The van der Waals surface area contributed by atoms with E-state index in [9.17, 15) is 4.79 Å². The minimum absolute atomic E-state index is 0.177. The van der Waals surface area contributed by atoms with Gasteiger partial charge in [0.2, 0.25) is 0 Å². The zero-order chi connectivity index (χ0) is 11.1. The number of para-hydroxylation sites is 1. The predicted molar refractivity (Wildman–Crippen MR) is 58.1 cm³/mol. The lowest BCUT2D eigenvalue weighted by atomic mass is 10.3. The Morgan fingerprint density at radius 1 is 1.40 bits per heavy atom. The van der Waals surface area contributed by atoms with Crippen LogP contribution in [0.2, 0.25) is 5.02 Å². The highest BCUT2D eigenvalue weighted by Gasteiger charge is 2.00. The molecular formula is C11H11ClO3. The van der Waals surface area contributed by atoms with Crippen LogP contribution in [0.1, 0.15) is 0 Å². The lowest BCUT2D eigenvalue weighted by molar-refractivity contribution is -0.138. The maximum atomic E-state index is 10.7. The fourth-order valence-electron chi connectivity index (χ4n) is 0.915. The van der Waals surface area contributed by atoms with Gasteiger partial charge in [-0.3, -0.25) is 0 Å². The van der Waals surface area contributed by atoms with Gasteiger partial charge >= 0.3 is 5.97 Å². The average Bonchev–Trinajstić information content (AvgIpc) is 2.26. The van der Waals surface area contributed by atoms with Crippen LogP contribution in [0.4, 0.5) is 0 Å². The van der Waals surface area contributed by atoms with Gasteiger partial charge in [-0.15, -0.1) is 0 Å². The van der Waals surface area contributed by atoms with Crippen molar-refractivity contribution in [2.24, 2.45) is 0 Å². The molecule has 0 aliphatic rings. The number of halogens is 1. The molecule has 0 bridgehead atoms. The molecule has 0 aliphatic carbocycles. The van der Waals surface area contributed by atoms with Gasteiger partial charge in [-0.1, -0.05) is 30.3 Å². The summed E-state index contributed by atoms with van der Waals surface area (Å²) in [6.45, 7) is 3.72. The summed E-state index contributed by atoms with van der Waals surface area (Å²) in [7, 11) is 0. The smallest absolute Gasteiger partial charge is 0.330 e. The summed E-state index contributed by atoms with van der Waals surface area (Å²) in [5.41, 5.74) is 0. The van der Waals surface area contributed by atoms with Gasteiger partial charge in [0.15, 0.2) is 0 Å². The number of benzene rings is 1. The molecule has 0 aromatic heterocycles. The quantitative estimate of drug-likeness (QED) is 0.440. The summed E-state index contributed by atoms with van der Waals surface area (Å²) < 4.78 is 10.0. The van der Waals surface area contributed by atoms with Gasteiger partial charge < -0.3 is 9.47 Å². The summed E-state index contributed by atoms with van der Waals surface area (Å²) in [5.74, 6) is 0.117. The number of carbonyl (C=O) groups is 1. The molecule has 0 saturated carbocycles. The first-order chi connectivity index (χ1) is 7.24. The van der Waals surface area contributed by atoms with Crippen LogP contribution in [0, 0.1) is 0 Å². The van der Waals surface area contributed by atoms with Gasteiger partial charge in [0.1, 0.15) is 19.0 Å². The van der Waals surface area contributed by atoms with Gasteiger partial charge in [-0.2, -0.15) is 0 Å². The lowest BCUT2D eigenvalue weighted by Crippen LogP contribution is -2.10. The zero-order valence-corrected chi connectivity index (χ0v) is 8.87. The molecule has 0 saturated heterocycles. The fraction of sp³-hybridized carbons (Fsp3) is 0.182. The molecule has 1 aromatic carbocycles. The third kappa shape index (κ3) is 4.04. The predicted octanol–water partition coefficient (Wildman–Crippen LogP) is 2.45. The maximum absolute atomic E-state index is 10.7. The third-order valence-electron chi connectivity index (χ3n) is 1.59. The highest BCUT2D eigenvalue weighted by molar-refractivity contribution is 6.32. The van der Waals surface area contributed by atoms with Gasteiger partial charge in [-0.25, -0.2) is 4.79 Å². The van der Waals surface area contributed by atoms with Crippen molar-refractivity contribution >= 4 is 17.6 Å². The van der Waals surface area contributed by atoms with Gasteiger partial charge in [0.25, 0.3) is 0 Å². The number of hydrogen-bond donors (Lipinski definition) is 0. The highest BCUT2D eigenvalue weighted by atomic mass is 35.5. The first-order valence-electron chi connectivity index (χ1n) is 4.40. The molecule has 4 heteroatoms. The van der Waals surface area contributed by atoms with Gasteiger partial charge in [-0.05, 0) is 12.1 Å². The third-order valence-corrected chi connectivity index (χ3v) is 1.90. The molecule has 80 valence electrons. The first kappa shape index (κ1) is 11.6. The number of hydrogen-bond acceptors (Lipinski definition) is 3. The molecule has 0 unspecified atom stereocenters. The van der Waals surface area contributed by atoms with Crippen molar-refractivity contribution in [3.8, 4) is 5.75 Å². The van der Waals surface area contributed by atoms with Crippen LogP contribution in [0.25, 0.3) is 0 Å². The van der Waals surface area contributed by atoms with Crippen molar-refractivity contribution in [2.75, 3.05) is 13.2 Å². The Morgan fingerprint density at radius 2 is 2.13 bits per heavy atom. The van der Waals surface area contributed by atoms with Crippen molar-refractivity contribution in [3.05, 3.63) is 41.9 Å². The molecule has 3 nitrogen and oxygen atoms in total. The van der Waals surface area contributed by atoms with Crippen molar-refractivity contribution in [3.63, 3.8) is 0 Å². The van der Waals surface area contributed by atoms with E-state index in [1.807, 2.05) is 12.1 Å². The summed E-state index contributed by atoms with van der Waals surface area (Å²) in [6, 6.07) is 7.11. The molecule has 0 atom stereocenters. The Kier molecular flexibility index (Phi) is 4.71. The number of rotatable bonds is 5. The monoisotopic (exact) mass is 226 g/mol. The van der Waals surface area contributed by atoms with Crippen LogP contribution in [0.15, 0.2) is 36.9 Å². The Labute approximate surface area is 93.3 Å². The number of carbonyl (C=O) groups excluding carboxylic acids is 1. The summed E-state index contributed by atoms with van der Waals surface area (Å²) in [4.78, 5) is 10.7. The van der Waals surface area contributed by atoms with Crippen molar-refractivity contribution in [2.45, 2.75) is 0 Å². The molecule has 0 N–H and O–H groups in total. The Hall–Kier alpha value is -1.48. The maximum Gasteiger partial charge on any atom is 0.330 e. The minimum Gasteiger partial charge on any atom is -0.488 e. The number of ether oxygens (including phenoxy) is 2. The lowest BCUT2D eigenvalue weighted by Gasteiger charge is -2.07. The SMILES string of the molecule is C=CC(=O)OCCOc1ccccc1Cl. The molecule has 0 fully saturated rings. The Bertz CT molecular complexity index is 349. The molecule has 0 spiro atoms. The van der Waals surface area contributed by atoms with Crippen molar-refractivity contribution in [1.29, 1.82) is 0 Å². The molecule has 0 radical (unpaired) electrons. The summed E-state index contributed by atoms with van der Waals surface area (Å²) >= 11 is 5.84. The Morgan fingerprint density at radius 3 is 2.80 bits per heavy atom. The van der Waals surface area contributed by atoms with E-state index in [0.717, 1.165) is 6.08 Å². The van der Waals surface area contributed by atoms with E-state index in [1.165, 1.54) is 0 Å². The highest BCUT2D eigenvalue weighted by Crippen LogP contribution is 2.22. The van der Waals surface area contributed by atoms with Crippen molar-refractivity contribution in [1.82, 2.24) is 0 Å². The molecule has 15 heavy (non-hydrogen) atoms. The second-order valence-corrected chi connectivity index (χ2v) is 3.06. The standard InChI is InChI=1S/C11H11ClO3/c1-2-11(13)15-8-7-14-10-6-4-3-5-9(10)12/h2-6H,1,7-8H2. The summed E-state index contributed by atoms with van der Waals surface area (Å²) in [6.07, 6.45) is 1.11. The van der Waals surface area contributed by atoms with Crippen LogP contribution in [0.3, 0.4) is 0 Å². The van der Waals surface area contributed by atoms with E-state index >= 15 is 0 Å². The molecule has 0 aliphatic heterocycles. The van der Waals surface area contributed by atoms with Crippen molar-refractivity contribution < 1.29 is 14.3 Å². The molecule has 1 rings (SSSR count). The van der Waals surface area contributed by atoms with E-state index in [0.29, 0.717) is 10.8 Å². The fourth-order valence-corrected chi connectivity index (χ4v) is 1.10. The van der Waals surface area contributed by atoms with Crippen LogP contribution in [-0.4, -0.2) is 19.2 Å². The Balaban J connectivity index is 2.29. The van der Waals surface area contributed by atoms with Crippen LogP contribution in [-0.2, 0) is 9.53 Å². The van der Waals surface area contributed by atoms with E-state index in [2.05, 4.69) is 6.58 Å². The average molecular weight is 227 g/mol. The largest absolute Gasteiger partial charge is 0.488 e. The van der Waals surface area contributed by atoms with E-state index in [1.54, 1.807) is 12.1 Å². The first-order valence-corrected chi connectivity index (χ1v) is 4.78. The molecule has 0 heterocycles. The van der Waals surface area contributed by atoms with Crippen LogP contribution < -0.4 is 4.74 Å². The molecule has 1 aromatic rings. The topological polar surface area (TPSA) is 35.5 Å². The van der Waals surface area contributed by atoms with Gasteiger partial charge in [0.05, 0.1) is 5.02 Å². The summed E-state index contributed by atoms with van der Waals surface area (Å²) in [5, 5.41) is 0.535. The molecular weight excluding hydrogens is 216 g/mol. The number of esters is 1. The zero-order valence-electron chi connectivity index (χ0n) is 8.11. The van der Waals surface area contributed by atoms with E-state index in [4.69, 9.17) is 21.1 Å². The second kappa shape index (κ2) is 6.09. The van der Waals surface area contributed by atoms with E-state index in [-0.39, 0.29) is 13.2 Å². The van der Waals surface area contributed by atoms with E-state index < -0.39 is 5.97 Å². The van der Waals surface area contributed by atoms with Crippen LogP contribution >= 0.6 is 11.6 Å². The normalized spacial score (nSPS) is 9.40. The second-order valence-electron chi connectivity index (χ2n) is 2.65. The molecule has 0 amide bonds. The minimum atomic E-state index is -0.460. The van der Waals surface area contributed by atoms with Crippen LogP contribution in [0.5, 0.6) is 5.75 Å².